The zero-order valence-corrected chi connectivity index (χ0v) is 20.5. The second-order valence-electron chi connectivity index (χ2n) is 7.84. The molecule has 4 rings (SSSR count). The highest BCUT2D eigenvalue weighted by Crippen LogP contribution is 2.49. The van der Waals surface area contributed by atoms with Crippen molar-refractivity contribution in [1.29, 1.82) is 0 Å². The van der Waals surface area contributed by atoms with E-state index in [0.29, 0.717) is 5.56 Å². The smallest absolute Gasteiger partial charge is 0.374 e. The standard InChI is InChI=1S/C25H17Cl3F3N3O2/c26-18-11-17(12-19(27)13-18)24(25(29,30)31)14-22(34-36-24)16-7-8-20(28)21(10-16)32-33-23(35)9-6-15-4-2-1-3-5-15/h1-13,32H,14H2,(H,33,35). The number of halogens is 6. The normalized spacial score (nSPS) is 17.6. The van der Waals surface area contributed by atoms with Crippen LogP contribution in [0, 0.1) is 0 Å². The number of hydrogen-bond acceptors (Lipinski definition) is 4. The monoisotopic (exact) mass is 553 g/mol. The van der Waals surface area contributed by atoms with Crippen molar-refractivity contribution in [3.8, 4) is 0 Å². The van der Waals surface area contributed by atoms with Crippen molar-refractivity contribution in [2.75, 3.05) is 5.43 Å². The van der Waals surface area contributed by atoms with Crippen LogP contribution >= 0.6 is 34.8 Å². The van der Waals surface area contributed by atoms with E-state index in [1.165, 1.54) is 30.3 Å². The van der Waals surface area contributed by atoms with Crippen molar-refractivity contribution in [2.24, 2.45) is 5.16 Å². The first kappa shape index (κ1) is 25.9. The van der Waals surface area contributed by atoms with Crippen molar-refractivity contribution < 1.29 is 22.8 Å². The van der Waals surface area contributed by atoms with Crippen LogP contribution in [0.4, 0.5) is 18.9 Å². The van der Waals surface area contributed by atoms with Crippen LogP contribution < -0.4 is 10.9 Å². The van der Waals surface area contributed by atoms with Crippen LogP contribution in [0.5, 0.6) is 0 Å². The van der Waals surface area contributed by atoms with Gasteiger partial charge in [-0.2, -0.15) is 13.2 Å². The molecule has 1 aliphatic heterocycles. The maximum absolute atomic E-state index is 14.2. The van der Waals surface area contributed by atoms with Gasteiger partial charge in [0, 0.05) is 33.7 Å². The molecule has 2 N–H and O–H groups in total. The maximum Gasteiger partial charge on any atom is 0.435 e. The molecule has 3 aromatic rings. The Bertz CT molecular complexity index is 1330. The number of carbonyl (C=O) groups is 1. The molecule has 1 amide bonds. The molecule has 1 aliphatic rings. The average Bonchev–Trinajstić information content (AvgIpc) is 3.29. The zero-order chi connectivity index (χ0) is 25.9. The third-order valence-corrected chi connectivity index (χ3v) is 6.13. The first-order valence-corrected chi connectivity index (χ1v) is 11.6. The minimum atomic E-state index is -4.82. The summed E-state index contributed by atoms with van der Waals surface area (Å²) in [6, 6.07) is 17.3. The minimum Gasteiger partial charge on any atom is -0.374 e. The molecule has 1 heterocycles. The molecule has 0 bridgehead atoms. The van der Waals surface area contributed by atoms with Crippen LogP contribution in [0.15, 0.2) is 78.0 Å². The van der Waals surface area contributed by atoms with Crippen molar-refractivity contribution in [1.82, 2.24) is 5.43 Å². The fourth-order valence-corrected chi connectivity index (χ4v) is 4.24. The quantitative estimate of drug-likeness (QED) is 0.247. The molecule has 36 heavy (non-hydrogen) atoms. The van der Waals surface area contributed by atoms with Gasteiger partial charge in [0.2, 0.25) is 0 Å². The lowest BCUT2D eigenvalue weighted by atomic mass is 9.86. The average molecular weight is 555 g/mol. The van der Waals surface area contributed by atoms with Gasteiger partial charge in [-0.05, 0) is 42.0 Å². The van der Waals surface area contributed by atoms with Gasteiger partial charge >= 0.3 is 6.18 Å². The molecular formula is C25H17Cl3F3N3O2. The van der Waals surface area contributed by atoms with Crippen molar-refractivity contribution in [3.63, 3.8) is 0 Å². The van der Waals surface area contributed by atoms with Gasteiger partial charge in [-0.3, -0.25) is 15.6 Å². The number of anilines is 1. The fourth-order valence-electron chi connectivity index (χ4n) is 3.55. The molecular weight excluding hydrogens is 538 g/mol. The Morgan fingerprint density at radius 3 is 2.36 bits per heavy atom. The highest BCUT2D eigenvalue weighted by atomic mass is 35.5. The minimum absolute atomic E-state index is 0.0263. The van der Waals surface area contributed by atoms with Crippen LogP contribution in [0.1, 0.15) is 23.1 Å². The fraction of sp³-hybridized carbons (Fsp3) is 0.120. The van der Waals surface area contributed by atoms with Gasteiger partial charge in [0.15, 0.2) is 0 Å². The van der Waals surface area contributed by atoms with E-state index in [1.807, 2.05) is 30.3 Å². The van der Waals surface area contributed by atoms with Crippen LogP contribution in [0.2, 0.25) is 15.1 Å². The molecule has 0 radical (unpaired) electrons. The van der Waals surface area contributed by atoms with Gasteiger partial charge < -0.3 is 4.84 Å². The third kappa shape index (κ3) is 5.61. The summed E-state index contributed by atoms with van der Waals surface area (Å²) in [4.78, 5) is 17.2. The molecule has 0 aliphatic carbocycles. The maximum atomic E-state index is 14.2. The van der Waals surface area contributed by atoms with Crippen molar-refractivity contribution in [3.05, 3.63) is 105 Å². The van der Waals surface area contributed by atoms with Crippen LogP contribution in [0.25, 0.3) is 6.08 Å². The molecule has 0 spiro atoms. The summed E-state index contributed by atoms with van der Waals surface area (Å²) in [6.07, 6.45) is -2.50. The second-order valence-corrected chi connectivity index (χ2v) is 9.12. The van der Waals surface area contributed by atoms with E-state index in [-0.39, 0.29) is 32.0 Å². The molecule has 3 aromatic carbocycles. The number of hydrazine groups is 1. The Balaban J connectivity index is 1.52. The van der Waals surface area contributed by atoms with Crippen molar-refractivity contribution >= 4 is 58.2 Å². The Kier molecular flexibility index (Phi) is 7.49. The van der Waals surface area contributed by atoms with E-state index in [1.54, 1.807) is 6.08 Å². The van der Waals surface area contributed by atoms with Gasteiger partial charge in [0.1, 0.15) is 0 Å². The number of rotatable bonds is 6. The molecule has 186 valence electrons. The number of nitrogens with zero attached hydrogens (tertiary/aromatic N) is 1. The lowest BCUT2D eigenvalue weighted by molar-refractivity contribution is -0.275. The third-order valence-electron chi connectivity index (χ3n) is 5.36. The Morgan fingerprint density at radius 2 is 1.69 bits per heavy atom. The van der Waals surface area contributed by atoms with E-state index in [2.05, 4.69) is 16.0 Å². The van der Waals surface area contributed by atoms with E-state index in [0.717, 1.165) is 17.7 Å². The SMILES string of the molecule is O=C(C=Cc1ccccc1)NNc1cc(C2=NOC(c3cc(Cl)cc(Cl)c3)(C(F)(F)F)C2)ccc1Cl. The van der Waals surface area contributed by atoms with Gasteiger partial charge in [-0.25, -0.2) is 0 Å². The highest BCUT2D eigenvalue weighted by Gasteiger charge is 2.62. The lowest BCUT2D eigenvalue weighted by Gasteiger charge is -2.29. The molecule has 0 fully saturated rings. The van der Waals surface area contributed by atoms with E-state index < -0.39 is 24.1 Å². The topological polar surface area (TPSA) is 62.7 Å². The highest BCUT2D eigenvalue weighted by molar-refractivity contribution is 6.34. The Hall–Kier alpha value is -3.20. The molecule has 1 atom stereocenters. The molecule has 1 unspecified atom stereocenters. The number of oxime groups is 1. The number of nitrogens with one attached hydrogen (secondary N) is 2. The molecule has 0 saturated heterocycles. The lowest BCUT2D eigenvalue weighted by Crippen LogP contribution is -2.42. The number of alkyl halides is 3. The summed E-state index contributed by atoms with van der Waals surface area (Å²) < 4.78 is 42.7. The zero-order valence-electron chi connectivity index (χ0n) is 18.2. The predicted molar refractivity (Wildman–Crippen MR) is 135 cm³/mol. The van der Waals surface area contributed by atoms with Gasteiger partial charge in [0.05, 0.1) is 16.4 Å². The molecule has 0 aromatic heterocycles. The molecule has 11 heteroatoms. The second kappa shape index (κ2) is 10.4. The molecule has 0 saturated carbocycles. The van der Waals surface area contributed by atoms with Crippen LogP contribution in [-0.4, -0.2) is 17.8 Å². The van der Waals surface area contributed by atoms with Crippen LogP contribution in [-0.2, 0) is 15.2 Å². The van der Waals surface area contributed by atoms with Crippen molar-refractivity contribution in [2.45, 2.75) is 18.2 Å². The Labute approximate surface area is 219 Å². The van der Waals surface area contributed by atoms with Gasteiger partial charge in [-0.1, -0.05) is 76.4 Å². The summed E-state index contributed by atoms with van der Waals surface area (Å²) in [5, 5.41) is 4.03. The largest absolute Gasteiger partial charge is 0.435 e. The summed E-state index contributed by atoms with van der Waals surface area (Å²) in [7, 11) is 0. The number of carbonyl (C=O) groups excluding carboxylic acids is 1. The number of benzene rings is 3. The number of amides is 1. The van der Waals surface area contributed by atoms with Gasteiger partial charge in [0.25, 0.3) is 11.5 Å². The number of hydrogen-bond donors (Lipinski definition) is 2. The summed E-state index contributed by atoms with van der Waals surface area (Å²) in [6.45, 7) is 0. The summed E-state index contributed by atoms with van der Waals surface area (Å²) in [5.41, 5.74) is 3.54. The van der Waals surface area contributed by atoms with Gasteiger partial charge in [-0.15, -0.1) is 0 Å². The summed E-state index contributed by atoms with van der Waals surface area (Å²) in [5.74, 6) is -0.462. The predicted octanol–water partition coefficient (Wildman–Crippen LogP) is 7.39. The van der Waals surface area contributed by atoms with E-state index in [9.17, 15) is 18.0 Å². The van der Waals surface area contributed by atoms with E-state index in [4.69, 9.17) is 39.6 Å². The van der Waals surface area contributed by atoms with E-state index >= 15 is 0 Å². The first-order chi connectivity index (χ1) is 17.1. The Morgan fingerprint density at radius 1 is 1.00 bits per heavy atom. The van der Waals surface area contributed by atoms with Crippen LogP contribution in [0.3, 0.4) is 0 Å². The summed E-state index contributed by atoms with van der Waals surface area (Å²) >= 11 is 18.1. The first-order valence-electron chi connectivity index (χ1n) is 10.4. The molecule has 5 nitrogen and oxygen atoms in total.